The van der Waals surface area contributed by atoms with Crippen molar-refractivity contribution in [3.05, 3.63) is 11.6 Å². The molecule has 2 rings (SSSR count). The Hall–Kier alpha value is 0.130. The molecule has 3 atom stereocenters. The molecule has 0 saturated carbocycles. The van der Waals surface area contributed by atoms with E-state index in [1.165, 1.54) is 25.7 Å². The molecule has 0 radical (unpaired) electrons. The van der Waals surface area contributed by atoms with E-state index in [2.05, 4.69) is 27.1 Å². The van der Waals surface area contributed by atoms with Gasteiger partial charge in [0.25, 0.3) is 0 Å². The highest BCUT2D eigenvalue weighted by atomic mass is 31.0. The lowest BCUT2D eigenvalue weighted by atomic mass is 9.99. The van der Waals surface area contributed by atoms with Crippen molar-refractivity contribution in [3.8, 4) is 0 Å². The Morgan fingerprint density at radius 3 is 2.36 bits per heavy atom. The normalized spacial score (nSPS) is 37.8. The van der Waals surface area contributed by atoms with E-state index in [1.54, 1.807) is 5.57 Å². The summed E-state index contributed by atoms with van der Waals surface area (Å²) < 4.78 is 2.49. The molecule has 0 aromatic heterocycles. The summed E-state index contributed by atoms with van der Waals surface area (Å²) in [6, 6.07) is 1.68. The van der Waals surface area contributed by atoms with E-state index in [0.29, 0.717) is 0 Å². The monoisotopic (exact) mass is 169 g/mol. The molecular formula is C9H16NP. The van der Waals surface area contributed by atoms with Gasteiger partial charge in [0.1, 0.15) is 0 Å². The average Bonchev–Trinajstić information content (AvgIpc) is 2.26. The van der Waals surface area contributed by atoms with Gasteiger partial charge in [-0.3, -0.25) is 4.67 Å². The second-order valence-electron chi connectivity index (χ2n) is 3.69. The zero-order valence-corrected chi connectivity index (χ0v) is 8.24. The molecular weight excluding hydrogens is 153 g/mol. The lowest BCUT2D eigenvalue weighted by Gasteiger charge is -2.32. The van der Waals surface area contributed by atoms with Gasteiger partial charge in [0.15, 0.2) is 0 Å². The van der Waals surface area contributed by atoms with Crippen LogP contribution in [0.25, 0.3) is 0 Å². The van der Waals surface area contributed by atoms with E-state index in [4.69, 9.17) is 0 Å². The van der Waals surface area contributed by atoms with E-state index in [-0.39, 0.29) is 0 Å². The van der Waals surface area contributed by atoms with Crippen LogP contribution in [0, 0.1) is 0 Å². The summed E-state index contributed by atoms with van der Waals surface area (Å²) in [6.45, 7) is 2.17. The van der Waals surface area contributed by atoms with Gasteiger partial charge in [-0.05, 0) is 32.6 Å². The summed E-state index contributed by atoms with van der Waals surface area (Å²) in [4.78, 5) is 0. The fourth-order valence-corrected chi connectivity index (χ4v) is 2.83. The highest BCUT2D eigenvalue weighted by Gasteiger charge is 2.35. The molecule has 0 spiro atoms. The van der Waals surface area contributed by atoms with E-state index in [1.807, 2.05) is 0 Å². The van der Waals surface area contributed by atoms with Crippen LogP contribution in [0.1, 0.15) is 32.6 Å². The standard InChI is InChI=1S/C9H16NP/c1-2-7-5-8-3-4-9(6-7)10(8)11/h2,8-9H,3-6,11H2,1H3. The maximum atomic E-state index is 2.89. The minimum Gasteiger partial charge on any atom is -0.281 e. The van der Waals surface area contributed by atoms with Crippen molar-refractivity contribution in [1.82, 2.24) is 4.67 Å². The van der Waals surface area contributed by atoms with Gasteiger partial charge < -0.3 is 0 Å². The third-order valence-corrected chi connectivity index (χ3v) is 3.92. The minimum atomic E-state index is 0.838. The van der Waals surface area contributed by atoms with E-state index in [9.17, 15) is 0 Å². The van der Waals surface area contributed by atoms with Crippen molar-refractivity contribution in [1.29, 1.82) is 0 Å². The Balaban J connectivity index is 2.14. The summed E-state index contributed by atoms with van der Waals surface area (Å²) in [5, 5.41) is 0. The van der Waals surface area contributed by atoms with Crippen molar-refractivity contribution in [2.45, 2.75) is 44.7 Å². The van der Waals surface area contributed by atoms with Crippen LogP contribution in [0.5, 0.6) is 0 Å². The summed E-state index contributed by atoms with van der Waals surface area (Å²) >= 11 is 0. The maximum absolute atomic E-state index is 2.89. The minimum absolute atomic E-state index is 0.838. The number of allylic oxidation sites excluding steroid dienone is 1. The Kier molecular flexibility index (Phi) is 2.03. The van der Waals surface area contributed by atoms with Crippen molar-refractivity contribution in [2.24, 2.45) is 0 Å². The molecule has 2 heterocycles. The van der Waals surface area contributed by atoms with Crippen LogP contribution in [-0.4, -0.2) is 16.8 Å². The van der Waals surface area contributed by atoms with Crippen LogP contribution in [0.15, 0.2) is 11.6 Å². The molecule has 2 aliphatic heterocycles. The zero-order chi connectivity index (χ0) is 7.84. The fourth-order valence-electron chi connectivity index (χ4n) is 2.32. The number of fused-ring (bicyclic) bond motifs is 2. The number of rotatable bonds is 0. The Morgan fingerprint density at radius 2 is 1.91 bits per heavy atom. The van der Waals surface area contributed by atoms with Gasteiger partial charge in [0, 0.05) is 12.1 Å². The SMILES string of the molecule is CC=C1CC2CCC(C1)N2P. The zero-order valence-electron chi connectivity index (χ0n) is 7.09. The summed E-state index contributed by atoms with van der Waals surface area (Å²) in [6.07, 6.45) is 7.76. The van der Waals surface area contributed by atoms with Gasteiger partial charge in [-0.2, -0.15) is 0 Å². The van der Waals surface area contributed by atoms with Crippen LogP contribution in [0.2, 0.25) is 0 Å². The number of hydrogen-bond acceptors (Lipinski definition) is 1. The quantitative estimate of drug-likeness (QED) is 0.397. The van der Waals surface area contributed by atoms with Crippen LogP contribution in [-0.2, 0) is 0 Å². The Bertz CT molecular complexity index is 172. The van der Waals surface area contributed by atoms with Gasteiger partial charge in [0.2, 0.25) is 0 Å². The van der Waals surface area contributed by atoms with E-state index in [0.717, 1.165) is 12.1 Å². The first kappa shape index (κ1) is 7.76. The molecule has 0 amide bonds. The largest absolute Gasteiger partial charge is 0.281 e. The Labute approximate surface area is 71.1 Å². The van der Waals surface area contributed by atoms with Gasteiger partial charge in [0.05, 0.1) is 0 Å². The van der Waals surface area contributed by atoms with Crippen LogP contribution >= 0.6 is 9.39 Å². The predicted molar refractivity (Wildman–Crippen MR) is 51.4 cm³/mol. The molecule has 11 heavy (non-hydrogen) atoms. The number of piperidine rings is 1. The molecule has 2 bridgehead atoms. The smallest absolute Gasteiger partial charge is 0.0170 e. The molecule has 0 aromatic rings. The lowest BCUT2D eigenvalue weighted by Crippen LogP contribution is -2.32. The second kappa shape index (κ2) is 2.88. The molecule has 62 valence electrons. The lowest BCUT2D eigenvalue weighted by molar-refractivity contribution is 0.312. The Morgan fingerprint density at radius 1 is 1.36 bits per heavy atom. The highest BCUT2D eigenvalue weighted by Crippen LogP contribution is 2.40. The molecule has 0 aliphatic carbocycles. The van der Waals surface area contributed by atoms with Crippen molar-refractivity contribution >= 4 is 9.39 Å². The molecule has 1 nitrogen and oxygen atoms in total. The molecule has 2 heteroatoms. The van der Waals surface area contributed by atoms with Gasteiger partial charge >= 0.3 is 0 Å². The number of nitrogens with zero attached hydrogens (tertiary/aromatic N) is 1. The first-order chi connectivity index (χ1) is 5.31. The van der Waals surface area contributed by atoms with Gasteiger partial charge in [-0.25, -0.2) is 0 Å². The molecule has 2 fully saturated rings. The second-order valence-corrected chi connectivity index (χ2v) is 4.28. The van der Waals surface area contributed by atoms with Crippen molar-refractivity contribution in [3.63, 3.8) is 0 Å². The van der Waals surface area contributed by atoms with E-state index >= 15 is 0 Å². The first-order valence-corrected chi connectivity index (χ1v) is 5.00. The van der Waals surface area contributed by atoms with Gasteiger partial charge in [-0.15, -0.1) is 0 Å². The van der Waals surface area contributed by atoms with Crippen molar-refractivity contribution < 1.29 is 0 Å². The summed E-state index contributed by atoms with van der Waals surface area (Å²) in [5.74, 6) is 0. The molecule has 2 saturated heterocycles. The fraction of sp³-hybridized carbons (Fsp3) is 0.778. The topological polar surface area (TPSA) is 3.24 Å². The third kappa shape index (κ3) is 1.25. The van der Waals surface area contributed by atoms with Gasteiger partial charge in [-0.1, -0.05) is 21.0 Å². The average molecular weight is 169 g/mol. The molecule has 3 unspecified atom stereocenters. The highest BCUT2D eigenvalue weighted by molar-refractivity contribution is 7.13. The van der Waals surface area contributed by atoms with Crippen LogP contribution < -0.4 is 0 Å². The summed E-state index contributed by atoms with van der Waals surface area (Å²) in [5.41, 5.74) is 1.68. The third-order valence-electron chi connectivity index (χ3n) is 3.08. The van der Waals surface area contributed by atoms with Crippen molar-refractivity contribution in [2.75, 3.05) is 0 Å². The molecule has 0 aromatic carbocycles. The van der Waals surface area contributed by atoms with Crippen LogP contribution in [0.3, 0.4) is 0 Å². The maximum Gasteiger partial charge on any atom is 0.0170 e. The number of hydrogen-bond donors (Lipinski definition) is 0. The van der Waals surface area contributed by atoms with Crippen LogP contribution in [0.4, 0.5) is 0 Å². The molecule has 2 aliphatic rings. The predicted octanol–water partition coefficient (Wildman–Crippen LogP) is 2.35. The first-order valence-electron chi connectivity index (χ1n) is 4.48. The summed E-state index contributed by atoms with van der Waals surface area (Å²) in [7, 11) is 2.89. The van der Waals surface area contributed by atoms with E-state index < -0.39 is 0 Å². The molecule has 0 N–H and O–H groups in total.